The van der Waals surface area contributed by atoms with Crippen molar-refractivity contribution in [3.8, 4) is 6.07 Å². The molecule has 1 atom stereocenters. The fourth-order valence-corrected chi connectivity index (χ4v) is 4.55. The van der Waals surface area contributed by atoms with Crippen molar-refractivity contribution in [2.24, 2.45) is 7.05 Å². The second-order valence-electron chi connectivity index (χ2n) is 7.99. The average Bonchev–Trinajstić information content (AvgIpc) is 2.82. The van der Waals surface area contributed by atoms with E-state index >= 15 is 0 Å². The highest BCUT2D eigenvalue weighted by molar-refractivity contribution is 5.94. The molecule has 0 unspecified atom stereocenters. The van der Waals surface area contributed by atoms with Gasteiger partial charge in [-0.2, -0.15) is 5.26 Å². The lowest BCUT2D eigenvalue weighted by molar-refractivity contribution is -0.385. The van der Waals surface area contributed by atoms with Crippen molar-refractivity contribution >= 4 is 22.4 Å². The monoisotopic (exact) mass is 450 g/mol. The number of hydrogen-bond donors (Lipinski definition) is 0. The molecule has 10 heteroatoms. The molecule has 0 aliphatic carbocycles. The van der Waals surface area contributed by atoms with Gasteiger partial charge in [-0.3, -0.25) is 19.8 Å². The number of rotatable bonds is 5. The van der Waals surface area contributed by atoms with E-state index in [0.717, 1.165) is 12.0 Å². The van der Waals surface area contributed by atoms with E-state index in [4.69, 9.17) is 0 Å². The van der Waals surface area contributed by atoms with Gasteiger partial charge in [-0.1, -0.05) is 19.1 Å². The van der Waals surface area contributed by atoms with Gasteiger partial charge in [0, 0.05) is 39.3 Å². The molecule has 4 rings (SSSR count). The Hall–Kier alpha value is -3.84. The molecule has 170 valence electrons. The zero-order valence-corrected chi connectivity index (χ0v) is 18.4. The third-order valence-corrected chi connectivity index (χ3v) is 6.20. The standard InChI is InChI=1S/C23H23FN6O3/c1-3-18(15-4-6-16(24)7-5-15)28-10-12-29(13-11-28)21-20-19(9-8-17(14-25)26-20)27(2)23(31)22(21)30(32)33/h4-9,18H,3,10-13H2,1-2H3/t18-/m0/s1. The Balaban J connectivity index is 1.72. The number of fused-ring (bicyclic) bond motifs is 1. The Morgan fingerprint density at radius 2 is 1.85 bits per heavy atom. The van der Waals surface area contributed by atoms with Crippen LogP contribution in [0.15, 0.2) is 41.2 Å². The van der Waals surface area contributed by atoms with Crippen molar-refractivity contribution in [1.82, 2.24) is 14.5 Å². The molecule has 1 aliphatic heterocycles. The van der Waals surface area contributed by atoms with E-state index in [2.05, 4.69) is 16.8 Å². The van der Waals surface area contributed by atoms with Crippen LogP contribution in [0.3, 0.4) is 0 Å². The number of nitro groups is 1. The highest BCUT2D eigenvalue weighted by atomic mass is 19.1. The molecule has 1 aromatic carbocycles. The van der Waals surface area contributed by atoms with E-state index in [1.54, 1.807) is 18.2 Å². The summed E-state index contributed by atoms with van der Waals surface area (Å²) < 4.78 is 14.5. The summed E-state index contributed by atoms with van der Waals surface area (Å²) in [6.07, 6.45) is 0.827. The molecule has 0 bridgehead atoms. The van der Waals surface area contributed by atoms with Crippen LogP contribution in [0.2, 0.25) is 0 Å². The zero-order valence-electron chi connectivity index (χ0n) is 18.4. The van der Waals surface area contributed by atoms with Gasteiger partial charge in [0.05, 0.1) is 10.4 Å². The Labute approximate surface area is 189 Å². The van der Waals surface area contributed by atoms with E-state index in [0.29, 0.717) is 31.7 Å². The molecule has 1 fully saturated rings. The van der Waals surface area contributed by atoms with E-state index in [1.165, 1.54) is 29.8 Å². The maximum Gasteiger partial charge on any atom is 0.359 e. The van der Waals surface area contributed by atoms with Gasteiger partial charge >= 0.3 is 11.2 Å². The fraction of sp³-hybridized carbons (Fsp3) is 0.348. The number of halogens is 1. The molecular weight excluding hydrogens is 427 g/mol. The molecular formula is C23H23FN6O3. The van der Waals surface area contributed by atoms with E-state index in [-0.39, 0.29) is 28.8 Å². The first-order valence-electron chi connectivity index (χ1n) is 10.7. The molecule has 1 saturated heterocycles. The highest BCUT2D eigenvalue weighted by Gasteiger charge is 2.33. The lowest BCUT2D eigenvalue weighted by atomic mass is 10.0. The summed E-state index contributed by atoms with van der Waals surface area (Å²) in [5.74, 6) is -0.285. The number of benzene rings is 1. The second-order valence-corrected chi connectivity index (χ2v) is 7.99. The smallest absolute Gasteiger partial charge is 0.359 e. The van der Waals surface area contributed by atoms with Crippen LogP contribution < -0.4 is 10.5 Å². The topological polar surface area (TPSA) is 108 Å². The van der Waals surface area contributed by atoms with Crippen LogP contribution >= 0.6 is 0 Å². The minimum absolute atomic E-state index is 0.0893. The maximum absolute atomic E-state index is 13.4. The number of piperazine rings is 1. The van der Waals surface area contributed by atoms with Gasteiger partial charge in [-0.15, -0.1) is 0 Å². The predicted octanol–water partition coefficient (Wildman–Crippen LogP) is 3.13. The summed E-state index contributed by atoms with van der Waals surface area (Å²) in [5.41, 5.74) is 0.738. The Morgan fingerprint density at radius 3 is 2.42 bits per heavy atom. The first-order valence-corrected chi connectivity index (χ1v) is 10.7. The van der Waals surface area contributed by atoms with Crippen LogP contribution in [-0.2, 0) is 7.05 Å². The first-order chi connectivity index (χ1) is 15.8. The SMILES string of the molecule is CC[C@@H](c1ccc(F)cc1)N1CCN(c2c([N+](=O)[O-])c(=O)n(C)c3ccc(C#N)nc23)CC1. The molecule has 0 saturated carbocycles. The van der Waals surface area contributed by atoms with Gasteiger partial charge in [-0.25, -0.2) is 9.37 Å². The fourth-order valence-electron chi connectivity index (χ4n) is 4.55. The third-order valence-electron chi connectivity index (χ3n) is 6.20. The molecule has 33 heavy (non-hydrogen) atoms. The summed E-state index contributed by atoms with van der Waals surface area (Å²) >= 11 is 0. The van der Waals surface area contributed by atoms with Gasteiger partial charge in [0.2, 0.25) is 0 Å². The molecule has 9 nitrogen and oxygen atoms in total. The van der Waals surface area contributed by atoms with Gasteiger partial charge < -0.3 is 9.47 Å². The van der Waals surface area contributed by atoms with E-state index < -0.39 is 16.2 Å². The summed E-state index contributed by atoms with van der Waals surface area (Å²) in [6.45, 7) is 4.15. The van der Waals surface area contributed by atoms with Crippen LogP contribution in [0.5, 0.6) is 0 Å². The van der Waals surface area contributed by atoms with Crippen molar-refractivity contribution < 1.29 is 9.31 Å². The minimum atomic E-state index is -0.714. The summed E-state index contributed by atoms with van der Waals surface area (Å²) in [6, 6.07) is 11.6. The number of nitriles is 1. The average molecular weight is 450 g/mol. The largest absolute Gasteiger partial charge is 0.361 e. The van der Waals surface area contributed by atoms with Gasteiger partial charge in [0.25, 0.3) is 0 Å². The summed E-state index contributed by atoms with van der Waals surface area (Å²) in [4.78, 5) is 32.5. The lowest BCUT2D eigenvalue weighted by Gasteiger charge is -2.40. The van der Waals surface area contributed by atoms with Crippen LogP contribution in [0.1, 0.15) is 30.6 Å². The summed E-state index contributed by atoms with van der Waals surface area (Å²) in [5, 5.41) is 21.2. The third kappa shape index (κ3) is 4.03. The molecule has 0 amide bonds. The summed E-state index contributed by atoms with van der Waals surface area (Å²) in [7, 11) is 1.46. The van der Waals surface area contributed by atoms with Crippen molar-refractivity contribution in [3.63, 3.8) is 0 Å². The Bertz CT molecular complexity index is 1310. The molecule has 2 aromatic heterocycles. The number of pyridine rings is 2. The zero-order chi connectivity index (χ0) is 23.7. The maximum atomic E-state index is 13.4. The van der Waals surface area contributed by atoms with Gasteiger partial charge in [0.15, 0.2) is 5.69 Å². The van der Waals surface area contributed by atoms with Crippen LogP contribution in [-0.4, -0.2) is 45.6 Å². The number of anilines is 1. The van der Waals surface area contributed by atoms with Gasteiger partial charge in [-0.05, 0) is 36.2 Å². The molecule has 0 spiro atoms. The molecule has 0 N–H and O–H groups in total. The van der Waals surface area contributed by atoms with Crippen molar-refractivity contribution in [3.05, 3.63) is 73.9 Å². The number of nitrogens with zero attached hydrogens (tertiary/aromatic N) is 6. The Kier molecular flexibility index (Phi) is 6.07. The quantitative estimate of drug-likeness (QED) is 0.434. The van der Waals surface area contributed by atoms with Crippen molar-refractivity contribution in [1.29, 1.82) is 5.26 Å². The predicted molar refractivity (Wildman–Crippen MR) is 122 cm³/mol. The molecule has 3 heterocycles. The molecule has 1 aliphatic rings. The van der Waals surface area contributed by atoms with E-state index in [1.807, 2.05) is 11.0 Å². The number of hydrogen-bond acceptors (Lipinski definition) is 7. The van der Waals surface area contributed by atoms with Crippen molar-refractivity contribution in [2.45, 2.75) is 19.4 Å². The highest BCUT2D eigenvalue weighted by Crippen LogP contribution is 2.34. The lowest BCUT2D eigenvalue weighted by Crippen LogP contribution is -2.48. The van der Waals surface area contributed by atoms with Crippen LogP contribution in [0.25, 0.3) is 11.0 Å². The van der Waals surface area contributed by atoms with Crippen LogP contribution in [0, 0.1) is 27.3 Å². The normalized spacial score (nSPS) is 15.4. The van der Waals surface area contributed by atoms with Crippen molar-refractivity contribution in [2.75, 3.05) is 31.1 Å². The Morgan fingerprint density at radius 1 is 1.18 bits per heavy atom. The molecule has 3 aromatic rings. The number of aryl methyl sites for hydroxylation is 1. The number of aromatic nitrogens is 2. The minimum Gasteiger partial charge on any atom is -0.361 e. The second kappa shape index (κ2) is 8.96. The van der Waals surface area contributed by atoms with E-state index in [9.17, 15) is 24.6 Å². The molecule has 0 radical (unpaired) electrons. The van der Waals surface area contributed by atoms with Crippen LogP contribution in [0.4, 0.5) is 15.8 Å². The van der Waals surface area contributed by atoms with Gasteiger partial charge in [0.1, 0.15) is 23.1 Å². The first kappa shape index (κ1) is 22.4.